The summed E-state index contributed by atoms with van der Waals surface area (Å²) in [6.45, 7) is 3.44. The Bertz CT molecular complexity index is 827. The maximum absolute atomic E-state index is 12.2. The summed E-state index contributed by atoms with van der Waals surface area (Å²) >= 11 is 0. The van der Waals surface area contributed by atoms with Crippen LogP contribution in [0.4, 0.5) is 5.82 Å². The van der Waals surface area contributed by atoms with Gasteiger partial charge in [-0.3, -0.25) is 4.79 Å². The minimum absolute atomic E-state index is 0.267. The normalized spacial score (nSPS) is 11.9. The number of hydrogen-bond acceptors (Lipinski definition) is 7. The number of anilines is 1. The Morgan fingerprint density at radius 1 is 1.26 bits per heavy atom. The molecule has 1 aromatic heterocycles. The SMILES string of the molecule is CCC(OC(=O)/C=C/c1cc(OC)ccc1OC)C(=O)Nc1cc(C)on1. The lowest BCUT2D eigenvalue weighted by Crippen LogP contribution is -2.31. The van der Waals surface area contributed by atoms with E-state index >= 15 is 0 Å². The van der Waals surface area contributed by atoms with Gasteiger partial charge in [0.2, 0.25) is 0 Å². The van der Waals surface area contributed by atoms with E-state index in [0.717, 1.165) is 0 Å². The van der Waals surface area contributed by atoms with Crippen molar-refractivity contribution in [3.05, 3.63) is 41.7 Å². The van der Waals surface area contributed by atoms with E-state index in [4.69, 9.17) is 18.7 Å². The third-order valence-electron chi connectivity index (χ3n) is 3.64. The van der Waals surface area contributed by atoms with Crippen LogP contribution in [-0.4, -0.2) is 37.4 Å². The van der Waals surface area contributed by atoms with Crippen LogP contribution in [0.5, 0.6) is 11.5 Å². The van der Waals surface area contributed by atoms with Crippen LogP contribution in [-0.2, 0) is 14.3 Å². The molecular weight excluding hydrogens is 352 g/mol. The van der Waals surface area contributed by atoms with E-state index in [2.05, 4.69) is 10.5 Å². The molecule has 2 rings (SSSR count). The number of amides is 1. The van der Waals surface area contributed by atoms with Gasteiger partial charge in [-0.05, 0) is 37.6 Å². The molecule has 1 heterocycles. The van der Waals surface area contributed by atoms with Crippen molar-refractivity contribution in [3.63, 3.8) is 0 Å². The lowest BCUT2D eigenvalue weighted by Gasteiger charge is -2.13. The largest absolute Gasteiger partial charge is 0.497 e. The van der Waals surface area contributed by atoms with Crippen molar-refractivity contribution in [2.24, 2.45) is 0 Å². The molecule has 144 valence electrons. The molecule has 1 atom stereocenters. The molecule has 0 radical (unpaired) electrons. The third kappa shape index (κ3) is 5.60. The van der Waals surface area contributed by atoms with Crippen LogP contribution in [0.3, 0.4) is 0 Å². The van der Waals surface area contributed by atoms with E-state index in [0.29, 0.717) is 29.2 Å². The predicted molar refractivity (Wildman–Crippen MR) is 98.6 cm³/mol. The second-order valence-electron chi connectivity index (χ2n) is 5.59. The molecule has 0 aliphatic rings. The highest BCUT2D eigenvalue weighted by Crippen LogP contribution is 2.25. The van der Waals surface area contributed by atoms with Crippen LogP contribution in [0.25, 0.3) is 6.08 Å². The second-order valence-corrected chi connectivity index (χ2v) is 5.59. The molecule has 8 heteroatoms. The Kier molecular flexibility index (Phi) is 6.99. The summed E-state index contributed by atoms with van der Waals surface area (Å²) < 4.78 is 20.5. The van der Waals surface area contributed by atoms with Gasteiger partial charge in [0, 0.05) is 17.7 Å². The number of benzene rings is 1. The van der Waals surface area contributed by atoms with Gasteiger partial charge in [0.15, 0.2) is 11.9 Å². The number of aryl methyl sites for hydroxylation is 1. The van der Waals surface area contributed by atoms with Crippen LogP contribution in [0.1, 0.15) is 24.7 Å². The molecule has 1 unspecified atom stereocenters. The van der Waals surface area contributed by atoms with Crippen LogP contribution >= 0.6 is 0 Å². The summed E-state index contributed by atoms with van der Waals surface area (Å²) in [7, 11) is 3.07. The first-order valence-corrected chi connectivity index (χ1v) is 8.31. The van der Waals surface area contributed by atoms with E-state index in [1.807, 2.05) is 0 Å². The Morgan fingerprint density at radius 3 is 2.63 bits per heavy atom. The highest BCUT2D eigenvalue weighted by molar-refractivity contribution is 5.96. The van der Waals surface area contributed by atoms with Crippen LogP contribution in [0.15, 0.2) is 34.9 Å². The third-order valence-corrected chi connectivity index (χ3v) is 3.64. The van der Waals surface area contributed by atoms with Crippen molar-refractivity contribution in [2.75, 3.05) is 19.5 Å². The number of ether oxygens (including phenoxy) is 3. The average molecular weight is 374 g/mol. The Morgan fingerprint density at radius 2 is 2.04 bits per heavy atom. The average Bonchev–Trinajstić information content (AvgIpc) is 3.08. The number of rotatable bonds is 8. The van der Waals surface area contributed by atoms with E-state index in [1.54, 1.807) is 45.2 Å². The predicted octanol–water partition coefficient (Wildman–Crippen LogP) is 2.97. The fraction of sp³-hybridized carbons (Fsp3) is 0.316. The molecule has 1 amide bonds. The zero-order chi connectivity index (χ0) is 19.8. The number of hydrogen-bond donors (Lipinski definition) is 1. The fourth-order valence-corrected chi connectivity index (χ4v) is 2.26. The summed E-state index contributed by atoms with van der Waals surface area (Å²) in [5.41, 5.74) is 0.643. The molecule has 0 fully saturated rings. The molecule has 0 aliphatic heterocycles. The van der Waals surface area contributed by atoms with Gasteiger partial charge in [0.25, 0.3) is 5.91 Å². The maximum atomic E-state index is 12.2. The smallest absolute Gasteiger partial charge is 0.331 e. The number of nitrogens with zero attached hydrogens (tertiary/aromatic N) is 1. The minimum atomic E-state index is -0.952. The van der Waals surface area contributed by atoms with E-state index in [9.17, 15) is 9.59 Å². The maximum Gasteiger partial charge on any atom is 0.331 e. The quantitative estimate of drug-likeness (QED) is 0.560. The molecule has 8 nitrogen and oxygen atoms in total. The zero-order valence-electron chi connectivity index (χ0n) is 15.6. The monoisotopic (exact) mass is 374 g/mol. The van der Waals surface area contributed by atoms with Gasteiger partial charge in [-0.2, -0.15) is 0 Å². The number of methoxy groups -OCH3 is 2. The second kappa shape index (κ2) is 9.42. The van der Waals surface area contributed by atoms with Crippen molar-refractivity contribution in [2.45, 2.75) is 26.4 Å². The molecule has 1 aromatic carbocycles. The molecule has 27 heavy (non-hydrogen) atoms. The minimum Gasteiger partial charge on any atom is -0.497 e. The van der Waals surface area contributed by atoms with E-state index in [1.165, 1.54) is 19.3 Å². The lowest BCUT2D eigenvalue weighted by atomic mass is 10.1. The first kappa shape index (κ1) is 20.0. The Balaban J connectivity index is 2.02. The van der Waals surface area contributed by atoms with Crippen molar-refractivity contribution >= 4 is 23.8 Å². The number of aromatic nitrogens is 1. The van der Waals surface area contributed by atoms with Crippen LogP contribution in [0, 0.1) is 6.92 Å². The zero-order valence-corrected chi connectivity index (χ0v) is 15.6. The summed E-state index contributed by atoms with van der Waals surface area (Å²) in [5, 5.41) is 6.22. The number of esters is 1. The Hall–Kier alpha value is -3.29. The van der Waals surface area contributed by atoms with Gasteiger partial charge in [0.05, 0.1) is 14.2 Å². The van der Waals surface area contributed by atoms with Gasteiger partial charge in [-0.15, -0.1) is 0 Å². The first-order chi connectivity index (χ1) is 13.0. The molecule has 0 saturated heterocycles. The van der Waals surface area contributed by atoms with Gasteiger partial charge >= 0.3 is 5.97 Å². The van der Waals surface area contributed by atoms with Gasteiger partial charge in [0.1, 0.15) is 17.3 Å². The molecule has 1 N–H and O–H groups in total. The first-order valence-electron chi connectivity index (χ1n) is 8.31. The van der Waals surface area contributed by atoms with Crippen LogP contribution < -0.4 is 14.8 Å². The topological polar surface area (TPSA) is 99.9 Å². The highest BCUT2D eigenvalue weighted by atomic mass is 16.5. The van der Waals surface area contributed by atoms with Crippen LogP contribution in [0.2, 0.25) is 0 Å². The summed E-state index contributed by atoms with van der Waals surface area (Å²) in [5.74, 6) is 0.891. The van der Waals surface area contributed by atoms with Crippen molar-refractivity contribution in [1.82, 2.24) is 5.16 Å². The molecule has 2 aromatic rings. The summed E-state index contributed by atoms with van der Waals surface area (Å²) in [4.78, 5) is 24.3. The highest BCUT2D eigenvalue weighted by Gasteiger charge is 2.21. The standard InChI is InChI=1S/C19H22N2O6/c1-5-15(19(23)20-17-10-12(2)27-21-17)26-18(22)9-6-13-11-14(24-3)7-8-16(13)25-4/h6-11,15H,5H2,1-4H3,(H,20,21,23)/b9-6+. The molecule has 0 saturated carbocycles. The van der Waals surface area contributed by atoms with Crippen molar-refractivity contribution in [3.8, 4) is 11.5 Å². The van der Waals surface area contributed by atoms with Gasteiger partial charge in [-0.25, -0.2) is 4.79 Å². The van der Waals surface area contributed by atoms with Crippen molar-refractivity contribution < 1.29 is 28.3 Å². The van der Waals surface area contributed by atoms with Crippen molar-refractivity contribution in [1.29, 1.82) is 0 Å². The molecule has 0 bridgehead atoms. The van der Waals surface area contributed by atoms with E-state index in [-0.39, 0.29) is 5.82 Å². The van der Waals surface area contributed by atoms with E-state index < -0.39 is 18.0 Å². The molecule has 0 spiro atoms. The summed E-state index contributed by atoms with van der Waals surface area (Å²) in [6.07, 6.45) is 2.12. The number of carbonyl (C=O) groups is 2. The number of nitrogens with one attached hydrogen (secondary N) is 1. The molecule has 0 aliphatic carbocycles. The van der Waals surface area contributed by atoms with Gasteiger partial charge < -0.3 is 24.1 Å². The van der Waals surface area contributed by atoms with Gasteiger partial charge in [-0.1, -0.05) is 12.1 Å². The Labute approximate surface area is 157 Å². The molecular formula is C19H22N2O6. The summed E-state index contributed by atoms with van der Waals surface area (Å²) in [6, 6.07) is 6.77. The number of carbonyl (C=O) groups excluding carboxylic acids is 2. The lowest BCUT2D eigenvalue weighted by molar-refractivity contribution is -0.149. The fourth-order valence-electron chi connectivity index (χ4n) is 2.26.